The molecule has 14 heavy (non-hydrogen) atoms. The van der Waals surface area contributed by atoms with Crippen LogP contribution in [0.15, 0.2) is 29.9 Å². The Morgan fingerprint density at radius 2 is 2.36 bits per heavy atom. The van der Waals surface area contributed by atoms with Crippen molar-refractivity contribution in [2.45, 2.75) is 13.5 Å². The van der Waals surface area contributed by atoms with E-state index >= 15 is 0 Å². The van der Waals surface area contributed by atoms with E-state index < -0.39 is 0 Å². The fraction of sp³-hybridized carbons (Fsp3) is 0.200. The molecule has 0 radical (unpaired) electrons. The first-order valence-corrected chi connectivity index (χ1v) is 5.24. The molecule has 0 saturated heterocycles. The zero-order valence-corrected chi connectivity index (χ0v) is 8.71. The Balaban J connectivity index is 2.23. The Labute approximate surface area is 86.2 Å². The number of hydrogen-bond donors (Lipinski definition) is 1. The van der Waals surface area contributed by atoms with Crippen LogP contribution in [0.1, 0.15) is 11.3 Å². The van der Waals surface area contributed by atoms with Crippen LogP contribution < -0.4 is 4.80 Å². The molecule has 2 heterocycles. The van der Waals surface area contributed by atoms with Crippen molar-refractivity contribution in [2.75, 3.05) is 0 Å². The summed E-state index contributed by atoms with van der Waals surface area (Å²) in [5, 5.41) is 9.52. The van der Waals surface area contributed by atoms with Gasteiger partial charge in [-0.1, -0.05) is 6.07 Å². The van der Waals surface area contributed by atoms with E-state index in [9.17, 15) is 0 Å². The van der Waals surface area contributed by atoms with Gasteiger partial charge in [-0.05, 0) is 18.6 Å². The monoisotopic (exact) mass is 205 g/mol. The van der Waals surface area contributed by atoms with Gasteiger partial charge in [-0.3, -0.25) is 10.4 Å². The highest BCUT2D eigenvalue weighted by molar-refractivity contribution is 7.06. The molecule has 3 nitrogen and oxygen atoms in total. The summed E-state index contributed by atoms with van der Waals surface area (Å²) in [7, 11) is 0. The van der Waals surface area contributed by atoms with Crippen molar-refractivity contribution in [1.82, 2.24) is 9.55 Å². The summed E-state index contributed by atoms with van der Waals surface area (Å²) in [4.78, 5) is 4.79. The standard InChI is InChI=1S/C10H11N3S/c1-8-2-3-9(6-12-8)7-13-4-5-14-10(13)11/h2-6,11H,7H2,1H3. The average Bonchev–Trinajstić information content (AvgIpc) is 2.56. The maximum Gasteiger partial charge on any atom is 0.182 e. The van der Waals surface area contributed by atoms with Crippen molar-refractivity contribution in [2.24, 2.45) is 0 Å². The second-order valence-electron chi connectivity index (χ2n) is 3.14. The molecule has 4 heteroatoms. The third kappa shape index (κ3) is 1.90. The molecule has 0 bridgehead atoms. The van der Waals surface area contributed by atoms with Gasteiger partial charge in [-0.25, -0.2) is 0 Å². The van der Waals surface area contributed by atoms with Gasteiger partial charge in [-0.15, -0.1) is 11.3 Å². The normalized spacial score (nSPS) is 10.4. The van der Waals surface area contributed by atoms with Gasteiger partial charge in [-0.2, -0.15) is 0 Å². The SMILES string of the molecule is Cc1ccc(Cn2ccsc2=N)cn1. The number of aryl methyl sites for hydroxylation is 1. The fourth-order valence-corrected chi connectivity index (χ4v) is 1.81. The summed E-state index contributed by atoms with van der Waals surface area (Å²) in [6.45, 7) is 2.70. The van der Waals surface area contributed by atoms with E-state index in [1.54, 1.807) is 0 Å². The summed E-state index contributed by atoms with van der Waals surface area (Å²) in [5.74, 6) is 0. The molecule has 0 aliphatic rings. The summed E-state index contributed by atoms with van der Waals surface area (Å²) in [6, 6.07) is 4.04. The number of hydrogen-bond acceptors (Lipinski definition) is 3. The van der Waals surface area contributed by atoms with Crippen molar-refractivity contribution in [3.05, 3.63) is 46.0 Å². The second kappa shape index (κ2) is 3.75. The van der Waals surface area contributed by atoms with E-state index in [4.69, 9.17) is 5.41 Å². The maximum absolute atomic E-state index is 7.60. The highest BCUT2D eigenvalue weighted by Gasteiger charge is 1.96. The molecule has 2 rings (SSSR count). The predicted octanol–water partition coefficient (Wildman–Crippen LogP) is 1.78. The predicted molar refractivity (Wildman–Crippen MR) is 56.2 cm³/mol. The Hall–Kier alpha value is -1.42. The lowest BCUT2D eigenvalue weighted by atomic mass is 10.2. The molecule has 0 saturated carbocycles. The average molecular weight is 205 g/mol. The van der Waals surface area contributed by atoms with Crippen LogP contribution >= 0.6 is 11.3 Å². The van der Waals surface area contributed by atoms with Crippen molar-refractivity contribution >= 4 is 11.3 Å². The van der Waals surface area contributed by atoms with Crippen LogP contribution in [0.3, 0.4) is 0 Å². The number of nitrogens with one attached hydrogen (secondary N) is 1. The smallest absolute Gasteiger partial charge is 0.182 e. The molecule has 2 aromatic heterocycles. The molecule has 0 spiro atoms. The molecule has 0 unspecified atom stereocenters. The minimum absolute atomic E-state index is 0.575. The lowest BCUT2D eigenvalue weighted by Crippen LogP contribution is -2.12. The van der Waals surface area contributed by atoms with E-state index in [2.05, 4.69) is 4.98 Å². The zero-order valence-electron chi connectivity index (χ0n) is 7.90. The van der Waals surface area contributed by atoms with E-state index in [0.717, 1.165) is 17.8 Å². The molecule has 0 aliphatic carbocycles. The molecular formula is C10H11N3S. The first kappa shape index (κ1) is 9.15. The van der Waals surface area contributed by atoms with Gasteiger partial charge in [0.25, 0.3) is 0 Å². The Kier molecular flexibility index (Phi) is 2.45. The van der Waals surface area contributed by atoms with Gasteiger partial charge in [0.05, 0.1) is 6.54 Å². The van der Waals surface area contributed by atoms with Crippen LogP contribution in [0.4, 0.5) is 0 Å². The minimum atomic E-state index is 0.575. The number of thiazole rings is 1. The first-order chi connectivity index (χ1) is 6.75. The summed E-state index contributed by atoms with van der Waals surface area (Å²) < 4.78 is 1.90. The molecule has 0 amide bonds. The van der Waals surface area contributed by atoms with Gasteiger partial charge < -0.3 is 4.57 Å². The molecule has 0 aromatic carbocycles. The largest absolute Gasteiger partial charge is 0.320 e. The van der Waals surface area contributed by atoms with Crippen LogP contribution in [-0.4, -0.2) is 9.55 Å². The van der Waals surface area contributed by atoms with Crippen molar-refractivity contribution in [3.8, 4) is 0 Å². The van der Waals surface area contributed by atoms with Crippen molar-refractivity contribution in [3.63, 3.8) is 0 Å². The van der Waals surface area contributed by atoms with Gasteiger partial charge in [0.2, 0.25) is 0 Å². The van der Waals surface area contributed by atoms with E-state index in [-0.39, 0.29) is 0 Å². The second-order valence-corrected chi connectivity index (χ2v) is 4.04. The highest BCUT2D eigenvalue weighted by atomic mass is 32.1. The van der Waals surface area contributed by atoms with E-state index in [1.807, 2.05) is 41.4 Å². The number of rotatable bonds is 2. The summed E-state index contributed by atoms with van der Waals surface area (Å²) in [6.07, 6.45) is 3.78. The molecule has 1 N–H and O–H groups in total. The van der Waals surface area contributed by atoms with Gasteiger partial charge in [0.15, 0.2) is 4.80 Å². The van der Waals surface area contributed by atoms with E-state index in [0.29, 0.717) is 4.80 Å². The van der Waals surface area contributed by atoms with Crippen LogP contribution in [0.5, 0.6) is 0 Å². The Bertz CT molecular complexity index is 467. The summed E-state index contributed by atoms with van der Waals surface area (Å²) >= 11 is 1.44. The Morgan fingerprint density at radius 3 is 2.93 bits per heavy atom. The number of pyridine rings is 1. The molecular weight excluding hydrogens is 194 g/mol. The van der Waals surface area contributed by atoms with Crippen LogP contribution in [0, 0.1) is 12.3 Å². The van der Waals surface area contributed by atoms with Crippen molar-refractivity contribution in [1.29, 1.82) is 5.41 Å². The van der Waals surface area contributed by atoms with Crippen molar-refractivity contribution < 1.29 is 0 Å². The molecule has 2 aromatic rings. The molecule has 72 valence electrons. The van der Waals surface area contributed by atoms with Gasteiger partial charge in [0, 0.05) is 23.5 Å². The summed E-state index contributed by atoms with van der Waals surface area (Å²) in [5.41, 5.74) is 2.16. The lowest BCUT2D eigenvalue weighted by Gasteiger charge is -2.02. The van der Waals surface area contributed by atoms with Gasteiger partial charge >= 0.3 is 0 Å². The highest BCUT2D eigenvalue weighted by Crippen LogP contribution is 2.01. The topological polar surface area (TPSA) is 41.7 Å². The Morgan fingerprint density at radius 1 is 1.50 bits per heavy atom. The first-order valence-electron chi connectivity index (χ1n) is 4.36. The minimum Gasteiger partial charge on any atom is -0.320 e. The maximum atomic E-state index is 7.60. The third-order valence-electron chi connectivity index (χ3n) is 2.01. The fourth-order valence-electron chi connectivity index (χ4n) is 1.22. The zero-order chi connectivity index (χ0) is 9.97. The number of aromatic nitrogens is 2. The van der Waals surface area contributed by atoms with Crippen LogP contribution in [0.2, 0.25) is 0 Å². The van der Waals surface area contributed by atoms with Crippen LogP contribution in [-0.2, 0) is 6.54 Å². The lowest BCUT2D eigenvalue weighted by molar-refractivity contribution is 0.756. The third-order valence-corrected chi connectivity index (χ3v) is 2.72. The quantitative estimate of drug-likeness (QED) is 0.797. The van der Waals surface area contributed by atoms with Crippen LogP contribution in [0.25, 0.3) is 0 Å². The molecule has 0 aliphatic heterocycles. The molecule has 0 fully saturated rings. The number of nitrogens with zero attached hydrogens (tertiary/aromatic N) is 2. The molecule has 0 atom stereocenters. The van der Waals surface area contributed by atoms with Gasteiger partial charge in [0.1, 0.15) is 0 Å². The van der Waals surface area contributed by atoms with E-state index in [1.165, 1.54) is 11.3 Å².